The Kier molecular flexibility index (Phi) is 4.43. The Hall–Kier alpha value is -2.71. The molecule has 0 saturated heterocycles. The zero-order valence-electron chi connectivity index (χ0n) is 10.9. The minimum atomic E-state index is -0.308. The quantitative estimate of drug-likeness (QED) is 0.806. The summed E-state index contributed by atoms with van der Waals surface area (Å²) in [4.78, 5) is 20.1. The van der Waals surface area contributed by atoms with Gasteiger partial charge in [-0.2, -0.15) is 0 Å². The topological polar surface area (TPSA) is 75.1 Å². The lowest BCUT2D eigenvalue weighted by atomic mass is 10.2. The molecule has 0 fully saturated rings. The second-order valence-electron chi connectivity index (χ2n) is 4.03. The van der Waals surface area contributed by atoms with Gasteiger partial charge in [-0.25, -0.2) is 4.98 Å². The van der Waals surface area contributed by atoms with Gasteiger partial charge in [0.2, 0.25) is 0 Å². The average molecular weight is 267 g/mol. The first-order valence-electron chi connectivity index (χ1n) is 5.99. The number of carbonyl (C=O) groups excluding carboxylic acids is 1. The predicted molar refractivity (Wildman–Crippen MR) is 75.1 cm³/mol. The molecule has 0 aliphatic carbocycles. The van der Waals surface area contributed by atoms with Gasteiger partial charge in [-0.3, -0.25) is 9.78 Å². The van der Waals surface area contributed by atoms with Gasteiger partial charge in [-0.05, 0) is 31.2 Å². The van der Waals surface area contributed by atoms with Gasteiger partial charge in [0.1, 0.15) is 12.3 Å². The zero-order chi connectivity index (χ0) is 14.4. The number of amides is 1. The highest BCUT2D eigenvalue weighted by Gasteiger charge is 2.07. The maximum absolute atomic E-state index is 11.9. The van der Waals surface area contributed by atoms with Crippen LogP contribution in [0.25, 0.3) is 0 Å². The molecule has 20 heavy (non-hydrogen) atoms. The number of aliphatic hydroxyl groups excluding tert-OH is 1. The van der Waals surface area contributed by atoms with E-state index in [9.17, 15) is 4.79 Å². The first kappa shape index (κ1) is 13.7. The molecule has 0 unspecified atom stereocenters. The summed E-state index contributed by atoms with van der Waals surface area (Å²) in [5.74, 6) is 4.92. The van der Waals surface area contributed by atoms with Crippen LogP contribution in [-0.2, 0) is 0 Å². The highest BCUT2D eigenvalue weighted by atomic mass is 16.2. The number of hydrogen-bond acceptors (Lipinski definition) is 4. The molecule has 0 atom stereocenters. The Morgan fingerprint density at radius 2 is 2.10 bits per heavy atom. The van der Waals surface area contributed by atoms with Gasteiger partial charge in [-0.15, -0.1) is 0 Å². The number of nitrogens with one attached hydrogen (secondary N) is 1. The lowest BCUT2D eigenvalue weighted by Gasteiger charge is -2.04. The number of nitrogens with zero attached hydrogens (tertiary/aromatic N) is 2. The number of hydrogen-bond donors (Lipinski definition) is 2. The van der Waals surface area contributed by atoms with Crippen molar-refractivity contribution in [2.45, 2.75) is 6.92 Å². The zero-order valence-corrected chi connectivity index (χ0v) is 10.9. The molecule has 0 aliphatic heterocycles. The monoisotopic (exact) mass is 267 g/mol. The summed E-state index contributed by atoms with van der Waals surface area (Å²) in [5.41, 5.74) is 2.44. The SMILES string of the molecule is Cc1ccc(NC(=O)c2ccc(C#CCO)cn2)cn1. The molecule has 0 bridgehead atoms. The molecule has 2 aromatic rings. The fourth-order valence-electron chi connectivity index (χ4n) is 1.48. The van der Waals surface area contributed by atoms with Crippen LogP contribution in [0.5, 0.6) is 0 Å². The van der Waals surface area contributed by atoms with E-state index in [0.29, 0.717) is 16.9 Å². The number of carbonyl (C=O) groups is 1. The van der Waals surface area contributed by atoms with Crippen LogP contribution in [0.3, 0.4) is 0 Å². The lowest BCUT2D eigenvalue weighted by molar-refractivity contribution is 0.102. The van der Waals surface area contributed by atoms with Gasteiger partial charge in [0.05, 0.1) is 11.9 Å². The summed E-state index contributed by atoms with van der Waals surface area (Å²) >= 11 is 0. The summed E-state index contributed by atoms with van der Waals surface area (Å²) in [6.07, 6.45) is 3.08. The Balaban J connectivity index is 2.07. The van der Waals surface area contributed by atoms with Crippen LogP contribution in [0.4, 0.5) is 5.69 Å². The Morgan fingerprint density at radius 3 is 2.70 bits per heavy atom. The van der Waals surface area contributed by atoms with E-state index >= 15 is 0 Å². The number of aryl methyl sites for hydroxylation is 1. The van der Waals surface area contributed by atoms with Crippen molar-refractivity contribution in [3.05, 3.63) is 53.6 Å². The number of aromatic nitrogens is 2. The molecule has 0 aliphatic rings. The van der Waals surface area contributed by atoms with Crippen LogP contribution in [0.1, 0.15) is 21.7 Å². The van der Waals surface area contributed by atoms with E-state index in [4.69, 9.17) is 5.11 Å². The number of rotatable bonds is 2. The molecule has 2 heterocycles. The van der Waals surface area contributed by atoms with Crippen molar-refractivity contribution in [2.24, 2.45) is 0 Å². The highest BCUT2D eigenvalue weighted by Crippen LogP contribution is 2.08. The molecule has 0 spiro atoms. The largest absolute Gasteiger partial charge is 0.384 e. The summed E-state index contributed by atoms with van der Waals surface area (Å²) in [6.45, 7) is 1.67. The van der Waals surface area contributed by atoms with Crippen LogP contribution >= 0.6 is 0 Å². The van der Waals surface area contributed by atoms with Crippen molar-refractivity contribution in [2.75, 3.05) is 11.9 Å². The third-order valence-electron chi connectivity index (χ3n) is 2.48. The van der Waals surface area contributed by atoms with E-state index in [1.165, 1.54) is 6.20 Å². The van der Waals surface area contributed by atoms with E-state index in [-0.39, 0.29) is 12.5 Å². The fraction of sp³-hybridized carbons (Fsp3) is 0.133. The number of pyridine rings is 2. The first-order valence-corrected chi connectivity index (χ1v) is 5.99. The van der Waals surface area contributed by atoms with Crippen LogP contribution in [0, 0.1) is 18.8 Å². The van der Waals surface area contributed by atoms with Crippen LogP contribution in [0.15, 0.2) is 36.7 Å². The lowest BCUT2D eigenvalue weighted by Crippen LogP contribution is -2.13. The molecular formula is C15H13N3O2. The molecular weight excluding hydrogens is 254 g/mol. The molecule has 0 aromatic carbocycles. The van der Waals surface area contributed by atoms with Crippen molar-refractivity contribution < 1.29 is 9.90 Å². The standard InChI is InChI=1S/C15H13N3O2/c1-11-4-6-13(10-16-11)18-15(20)14-7-5-12(9-17-14)3-2-8-19/h4-7,9-10,19H,8H2,1H3,(H,18,20). The molecule has 0 saturated carbocycles. The summed E-state index contributed by atoms with van der Waals surface area (Å²) in [6, 6.07) is 6.86. The summed E-state index contributed by atoms with van der Waals surface area (Å²) in [5, 5.41) is 11.3. The van der Waals surface area contributed by atoms with Gasteiger partial charge >= 0.3 is 0 Å². The molecule has 5 nitrogen and oxygen atoms in total. The van der Waals surface area contributed by atoms with Crippen molar-refractivity contribution in [3.8, 4) is 11.8 Å². The Morgan fingerprint density at radius 1 is 1.25 bits per heavy atom. The highest BCUT2D eigenvalue weighted by molar-refractivity contribution is 6.02. The summed E-state index contributed by atoms with van der Waals surface area (Å²) in [7, 11) is 0. The van der Waals surface area contributed by atoms with E-state index in [0.717, 1.165) is 5.69 Å². The maximum Gasteiger partial charge on any atom is 0.274 e. The third-order valence-corrected chi connectivity index (χ3v) is 2.48. The van der Waals surface area contributed by atoms with Crippen molar-refractivity contribution in [1.82, 2.24) is 9.97 Å². The normalized spacial score (nSPS) is 9.50. The van der Waals surface area contributed by atoms with Crippen LogP contribution < -0.4 is 5.32 Å². The van der Waals surface area contributed by atoms with Crippen molar-refractivity contribution in [1.29, 1.82) is 0 Å². The smallest absolute Gasteiger partial charge is 0.274 e. The van der Waals surface area contributed by atoms with E-state index in [1.54, 1.807) is 24.4 Å². The Labute approximate surface area is 116 Å². The van der Waals surface area contributed by atoms with Crippen LogP contribution in [-0.4, -0.2) is 27.6 Å². The minimum Gasteiger partial charge on any atom is -0.384 e. The average Bonchev–Trinajstić information content (AvgIpc) is 2.48. The van der Waals surface area contributed by atoms with E-state index in [2.05, 4.69) is 27.1 Å². The second kappa shape index (κ2) is 6.45. The van der Waals surface area contributed by atoms with Gasteiger partial charge < -0.3 is 10.4 Å². The van der Waals surface area contributed by atoms with Gasteiger partial charge in [-0.1, -0.05) is 11.8 Å². The van der Waals surface area contributed by atoms with Gasteiger partial charge in [0.25, 0.3) is 5.91 Å². The molecule has 1 amide bonds. The predicted octanol–water partition coefficient (Wildman–Crippen LogP) is 1.38. The minimum absolute atomic E-state index is 0.206. The molecule has 0 radical (unpaired) electrons. The number of anilines is 1. The Bertz CT molecular complexity index is 652. The molecule has 2 aromatic heterocycles. The third kappa shape index (κ3) is 3.64. The maximum atomic E-state index is 11.9. The van der Waals surface area contributed by atoms with Gasteiger partial charge in [0, 0.05) is 17.5 Å². The van der Waals surface area contributed by atoms with E-state index < -0.39 is 0 Å². The van der Waals surface area contributed by atoms with Crippen molar-refractivity contribution in [3.63, 3.8) is 0 Å². The molecule has 5 heteroatoms. The van der Waals surface area contributed by atoms with Crippen LogP contribution in [0.2, 0.25) is 0 Å². The first-order chi connectivity index (χ1) is 9.69. The van der Waals surface area contributed by atoms with Gasteiger partial charge in [0.15, 0.2) is 0 Å². The number of aliphatic hydroxyl groups is 1. The second-order valence-corrected chi connectivity index (χ2v) is 4.03. The molecule has 2 rings (SSSR count). The van der Waals surface area contributed by atoms with Crippen molar-refractivity contribution >= 4 is 11.6 Å². The molecule has 100 valence electrons. The molecule has 2 N–H and O–H groups in total. The summed E-state index contributed by atoms with van der Waals surface area (Å²) < 4.78 is 0. The van der Waals surface area contributed by atoms with E-state index in [1.807, 2.05) is 13.0 Å². The fourth-order valence-corrected chi connectivity index (χ4v) is 1.48.